The van der Waals surface area contributed by atoms with Crippen LogP contribution in [0, 0.1) is 0 Å². The molecule has 1 unspecified atom stereocenters. The van der Waals surface area contributed by atoms with Gasteiger partial charge in [-0.3, -0.25) is 10.4 Å². The van der Waals surface area contributed by atoms with Crippen LogP contribution in [0.1, 0.15) is 24.5 Å². The van der Waals surface area contributed by atoms with Crippen molar-refractivity contribution in [1.29, 1.82) is 0 Å². The Hall–Kier alpha value is -3.26. The van der Waals surface area contributed by atoms with Gasteiger partial charge in [0.15, 0.2) is 17.3 Å². The maximum absolute atomic E-state index is 5.52. The topological polar surface area (TPSA) is 79.2 Å². The Morgan fingerprint density at radius 2 is 2.11 bits per heavy atom. The van der Waals surface area contributed by atoms with Crippen LogP contribution in [0.25, 0.3) is 0 Å². The molecule has 8 nitrogen and oxygen atoms in total. The first-order chi connectivity index (χ1) is 13.3. The fourth-order valence-corrected chi connectivity index (χ4v) is 3.64. The Morgan fingerprint density at radius 1 is 1.19 bits per heavy atom. The number of nitrogens with zero attached hydrogens (tertiary/aromatic N) is 3. The van der Waals surface area contributed by atoms with Gasteiger partial charge in [-0.2, -0.15) is 5.10 Å². The summed E-state index contributed by atoms with van der Waals surface area (Å²) in [4.78, 5) is 7.81. The lowest BCUT2D eigenvalue weighted by Gasteiger charge is -2.28. The minimum atomic E-state index is 0.276. The van der Waals surface area contributed by atoms with Crippen LogP contribution in [-0.4, -0.2) is 29.4 Å². The van der Waals surface area contributed by atoms with Crippen LogP contribution in [-0.2, 0) is 0 Å². The van der Waals surface area contributed by atoms with Gasteiger partial charge in [0.2, 0.25) is 18.4 Å². The van der Waals surface area contributed by atoms with E-state index in [0.29, 0.717) is 12.5 Å². The van der Waals surface area contributed by atoms with Crippen LogP contribution >= 0.6 is 0 Å². The van der Waals surface area contributed by atoms with Gasteiger partial charge in [-0.1, -0.05) is 0 Å². The summed E-state index contributed by atoms with van der Waals surface area (Å²) in [5, 5.41) is 11.0. The normalized spacial score (nSPS) is 22.5. The highest BCUT2D eigenvalue weighted by Gasteiger charge is 2.33. The number of hydrogen-bond donors (Lipinski definition) is 3. The van der Waals surface area contributed by atoms with Gasteiger partial charge in [0.1, 0.15) is 12.7 Å². The van der Waals surface area contributed by atoms with Gasteiger partial charge in [-0.15, -0.1) is 0 Å². The van der Waals surface area contributed by atoms with E-state index in [1.165, 1.54) is 18.5 Å². The van der Waals surface area contributed by atoms with Gasteiger partial charge < -0.3 is 14.4 Å². The molecule has 4 aliphatic rings. The number of hydrogen-bond acceptors (Lipinski definition) is 6. The second kappa shape index (κ2) is 5.62. The van der Waals surface area contributed by atoms with Gasteiger partial charge in [0.05, 0.1) is 12.4 Å². The van der Waals surface area contributed by atoms with Crippen LogP contribution in [0.15, 0.2) is 53.7 Å². The molecule has 1 aromatic heterocycles. The molecular formula is C19H19N6O2+. The molecule has 0 bridgehead atoms. The summed E-state index contributed by atoms with van der Waals surface area (Å²) in [5.74, 6) is 5.07. The minimum absolute atomic E-state index is 0.276. The Kier molecular flexibility index (Phi) is 3.09. The number of fused-ring (bicyclic) bond motifs is 2. The van der Waals surface area contributed by atoms with Gasteiger partial charge in [-0.05, 0) is 25.0 Å². The van der Waals surface area contributed by atoms with Crippen LogP contribution in [0.2, 0.25) is 0 Å². The van der Waals surface area contributed by atoms with Crippen molar-refractivity contribution in [2.24, 2.45) is 4.99 Å². The van der Waals surface area contributed by atoms with Crippen molar-refractivity contribution in [1.82, 2.24) is 10.2 Å². The van der Waals surface area contributed by atoms with Crippen molar-refractivity contribution >= 4 is 17.3 Å². The van der Waals surface area contributed by atoms with Crippen LogP contribution in [0.5, 0.6) is 11.5 Å². The van der Waals surface area contributed by atoms with E-state index < -0.39 is 0 Å². The molecule has 3 aliphatic heterocycles. The first-order valence-electron chi connectivity index (χ1n) is 9.15. The molecular weight excluding hydrogens is 344 g/mol. The summed E-state index contributed by atoms with van der Waals surface area (Å²) in [7, 11) is 0. The molecule has 3 N–H and O–H groups in total. The zero-order valence-electron chi connectivity index (χ0n) is 14.6. The van der Waals surface area contributed by atoms with E-state index in [0.717, 1.165) is 39.6 Å². The van der Waals surface area contributed by atoms with E-state index >= 15 is 0 Å². The van der Waals surface area contributed by atoms with Gasteiger partial charge in [0.25, 0.3) is 0 Å². The van der Waals surface area contributed by atoms with E-state index in [1.54, 1.807) is 0 Å². The van der Waals surface area contributed by atoms with Gasteiger partial charge >= 0.3 is 0 Å². The molecule has 1 aliphatic carbocycles. The van der Waals surface area contributed by atoms with E-state index in [4.69, 9.17) is 9.47 Å². The van der Waals surface area contributed by atoms with Crippen LogP contribution in [0.4, 0.5) is 11.5 Å². The highest BCUT2D eigenvalue weighted by atomic mass is 16.7. The molecule has 0 amide bonds. The van der Waals surface area contributed by atoms with E-state index in [2.05, 4.69) is 37.7 Å². The Balaban J connectivity index is 1.32. The van der Waals surface area contributed by atoms with Crippen molar-refractivity contribution in [2.45, 2.75) is 18.8 Å². The average molecular weight is 363 g/mol. The molecule has 4 heterocycles. The zero-order valence-corrected chi connectivity index (χ0v) is 14.6. The number of H-pyrrole nitrogens is 1. The molecule has 136 valence electrons. The third-order valence-electron chi connectivity index (χ3n) is 5.24. The predicted molar refractivity (Wildman–Crippen MR) is 99.7 cm³/mol. The largest absolute Gasteiger partial charge is 0.454 e. The smallest absolute Gasteiger partial charge is 0.232 e. The summed E-state index contributed by atoms with van der Waals surface area (Å²) in [6, 6.07) is 8.09. The standard InChI is InChI=1S/C19H18N6O2/c1-2-12(1)14-8-17(23-22-14)21-19-10-24(9-18-20-5-6-25(18)19)13-3-4-15-16(7-13)27-11-26-15/h3-8,10,12H,1-2,9,11H2,(H2,21,22,23)/p+1. The van der Waals surface area contributed by atoms with E-state index in [9.17, 15) is 0 Å². The number of aromatic amines is 1. The molecule has 0 radical (unpaired) electrons. The van der Waals surface area contributed by atoms with E-state index in [-0.39, 0.29) is 6.79 Å². The minimum Gasteiger partial charge on any atom is -0.454 e. The number of benzene rings is 1. The second-order valence-corrected chi connectivity index (χ2v) is 7.12. The third-order valence-corrected chi connectivity index (χ3v) is 5.24. The first-order valence-corrected chi connectivity index (χ1v) is 9.15. The van der Waals surface area contributed by atoms with Crippen LogP contribution in [0.3, 0.4) is 0 Å². The summed E-state index contributed by atoms with van der Waals surface area (Å²) in [5.41, 5.74) is 2.25. The summed E-state index contributed by atoms with van der Waals surface area (Å²) in [6.45, 7) is 0.986. The number of anilines is 2. The zero-order chi connectivity index (χ0) is 17.8. The molecule has 1 fully saturated rings. The van der Waals surface area contributed by atoms with Crippen LogP contribution < -0.4 is 24.6 Å². The quantitative estimate of drug-likeness (QED) is 0.768. The molecule has 8 heteroatoms. The van der Waals surface area contributed by atoms with Crippen molar-refractivity contribution in [3.05, 3.63) is 54.4 Å². The molecule has 6 rings (SSSR count). The second-order valence-electron chi connectivity index (χ2n) is 7.12. The third kappa shape index (κ3) is 2.57. The number of amidine groups is 1. The lowest BCUT2D eigenvalue weighted by atomic mass is 10.2. The lowest BCUT2D eigenvalue weighted by molar-refractivity contribution is -0.698. The maximum atomic E-state index is 5.52. The number of ether oxygens (including phenoxy) is 2. The molecule has 27 heavy (non-hydrogen) atoms. The summed E-state index contributed by atoms with van der Waals surface area (Å²) < 4.78 is 10.9. The highest BCUT2D eigenvalue weighted by Crippen LogP contribution is 2.39. The number of rotatable bonds is 4. The van der Waals surface area contributed by atoms with Crippen molar-refractivity contribution in [3.63, 3.8) is 0 Å². The molecule has 0 saturated heterocycles. The molecule has 1 saturated carbocycles. The number of quaternary nitrogens is 1. The fraction of sp³-hybridized carbons (Fsp3) is 0.263. The van der Waals surface area contributed by atoms with Crippen molar-refractivity contribution < 1.29 is 14.4 Å². The number of aliphatic imine (C=N–C) groups is 1. The lowest BCUT2D eigenvalue weighted by Crippen LogP contribution is -3.10. The van der Waals surface area contributed by atoms with Crippen molar-refractivity contribution in [3.8, 4) is 11.5 Å². The molecule has 2 aromatic rings. The maximum Gasteiger partial charge on any atom is 0.232 e. The Morgan fingerprint density at radius 3 is 3.04 bits per heavy atom. The highest BCUT2D eigenvalue weighted by molar-refractivity contribution is 5.84. The first kappa shape index (κ1) is 14.9. The SMILES string of the molecule is C1=C[NH+]2C(Nc3cc(C4CC4)[nH]n3)=CN(c3ccc4c(c3)OCO4)CC2=N1. The molecule has 1 aromatic carbocycles. The number of aromatic nitrogens is 2. The Bertz CT molecular complexity index is 1000. The summed E-state index contributed by atoms with van der Waals surface area (Å²) in [6.07, 6.45) is 8.49. The molecule has 1 atom stereocenters. The monoisotopic (exact) mass is 363 g/mol. The fourth-order valence-electron chi connectivity index (χ4n) is 3.64. The van der Waals surface area contributed by atoms with E-state index in [1.807, 2.05) is 30.6 Å². The Labute approximate surface area is 155 Å². The van der Waals surface area contributed by atoms with Gasteiger partial charge in [-0.25, -0.2) is 9.89 Å². The summed E-state index contributed by atoms with van der Waals surface area (Å²) >= 11 is 0. The average Bonchev–Trinajstić information content (AvgIpc) is 3.10. The molecule has 0 spiro atoms. The number of nitrogens with one attached hydrogen (secondary N) is 3. The van der Waals surface area contributed by atoms with Crippen molar-refractivity contribution in [2.75, 3.05) is 23.6 Å². The predicted octanol–water partition coefficient (Wildman–Crippen LogP) is 1.51. The van der Waals surface area contributed by atoms with Gasteiger partial charge in [0, 0.05) is 29.4 Å².